The average Bonchev–Trinajstić information content (AvgIpc) is 3.30. The lowest BCUT2D eigenvalue weighted by Gasteiger charge is -2.45. The maximum atomic E-state index is 5.55. The Morgan fingerprint density at radius 1 is 1.08 bits per heavy atom. The molecule has 0 bridgehead atoms. The molecule has 0 amide bonds. The van der Waals surface area contributed by atoms with Gasteiger partial charge in [-0.25, -0.2) is 4.98 Å². The van der Waals surface area contributed by atoms with Crippen LogP contribution in [-0.2, 0) is 17.6 Å². The van der Waals surface area contributed by atoms with E-state index in [4.69, 9.17) is 9.72 Å². The van der Waals surface area contributed by atoms with Gasteiger partial charge in [-0.05, 0) is 42.5 Å². The molecule has 1 saturated heterocycles. The number of aryl methyl sites for hydroxylation is 1. The lowest BCUT2D eigenvalue weighted by molar-refractivity contribution is -0.119. The Morgan fingerprint density at radius 2 is 2.04 bits per heavy atom. The van der Waals surface area contributed by atoms with Gasteiger partial charge in [-0.1, -0.05) is 0 Å². The molecule has 1 aromatic carbocycles. The fourth-order valence-corrected chi connectivity index (χ4v) is 4.47. The van der Waals surface area contributed by atoms with Gasteiger partial charge in [-0.15, -0.1) is 0 Å². The van der Waals surface area contributed by atoms with E-state index in [1.165, 1.54) is 28.3 Å². The molecule has 2 N–H and O–H groups in total. The summed E-state index contributed by atoms with van der Waals surface area (Å²) in [7, 11) is 0. The topological polar surface area (TPSA) is 79.5 Å². The fraction of sp³-hybridized carbons (Fsp3) is 0.316. The average molecular weight is 331 g/mol. The highest BCUT2D eigenvalue weighted by Crippen LogP contribution is 2.46. The van der Waals surface area contributed by atoms with Gasteiger partial charge in [0.15, 0.2) is 0 Å². The van der Waals surface area contributed by atoms with Gasteiger partial charge in [0.1, 0.15) is 0 Å². The van der Waals surface area contributed by atoms with Crippen molar-refractivity contribution in [2.45, 2.75) is 19.3 Å². The molecule has 6 heteroatoms. The predicted molar refractivity (Wildman–Crippen MR) is 94.3 cm³/mol. The maximum Gasteiger partial charge on any atom is 0.0776 e. The molecule has 0 atom stereocenters. The van der Waals surface area contributed by atoms with Crippen LogP contribution < -0.4 is 0 Å². The summed E-state index contributed by atoms with van der Waals surface area (Å²) in [5, 5.41) is 16.8. The third-order valence-electron chi connectivity index (χ3n) is 5.83. The van der Waals surface area contributed by atoms with Crippen LogP contribution in [0.2, 0.25) is 0 Å². The highest BCUT2D eigenvalue weighted by atomic mass is 16.5. The normalized spacial score (nSPS) is 18.6. The van der Waals surface area contributed by atoms with Crippen molar-refractivity contribution in [3.8, 4) is 11.3 Å². The van der Waals surface area contributed by atoms with Crippen molar-refractivity contribution in [2.75, 3.05) is 13.2 Å². The van der Waals surface area contributed by atoms with E-state index in [1.807, 2.05) is 18.6 Å². The van der Waals surface area contributed by atoms with Gasteiger partial charge in [0, 0.05) is 27.9 Å². The molecule has 4 heterocycles. The number of nitrogens with zero attached hydrogens (tertiary/aromatic N) is 3. The number of pyridine rings is 1. The molecule has 6 nitrogen and oxygen atoms in total. The molecule has 124 valence electrons. The molecule has 2 aliphatic rings. The molecule has 1 spiro atoms. The first kappa shape index (κ1) is 13.5. The van der Waals surface area contributed by atoms with Crippen LogP contribution in [-0.4, -0.2) is 38.6 Å². The molecule has 0 unspecified atom stereocenters. The minimum atomic E-state index is 0.297. The third-order valence-corrected chi connectivity index (χ3v) is 5.83. The van der Waals surface area contributed by atoms with E-state index in [0.717, 1.165) is 48.3 Å². The van der Waals surface area contributed by atoms with Crippen molar-refractivity contribution >= 4 is 21.8 Å². The summed E-state index contributed by atoms with van der Waals surface area (Å²) < 4.78 is 5.55. The summed E-state index contributed by atoms with van der Waals surface area (Å²) in [6.07, 6.45) is 8.99. The van der Waals surface area contributed by atoms with E-state index in [-0.39, 0.29) is 0 Å². The molecular weight excluding hydrogens is 314 g/mol. The monoisotopic (exact) mass is 331 g/mol. The smallest absolute Gasteiger partial charge is 0.0776 e. The van der Waals surface area contributed by atoms with Gasteiger partial charge in [0.25, 0.3) is 0 Å². The van der Waals surface area contributed by atoms with Gasteiger partial charge < -0.3 is 4.74 Å². The molecule has 0 saturated carbocycles. The van der Waals surface area contributed by atoms with Crippen molar-refractivity contribution in [3.63, 3.8) is 0 Å². The largest absolute Gasteiger partial charge is 0.380 e. The minimum Gasteiger partial charge on any atom is -0.380 e. The quantitative estimate of drug-likeness (QED) is 0.562. The van der Waals surface area contributed by atoms with Crippen molar-refractivity contribution in [1.82, 2.24) is 25.4 Å². The number of aromatic amines is 2. The van der Waals surface area contributed by atoms with E-state index in [2.05, 4.69) is 32.5 Å². The molecule has 25 heavy (non-hydrogen) atoms. The SMILES string of the molecule is c1n[nH]cc1-c1nc2ccc3[nH]ncc3c2c2c1CC1(CC2)COC1. The second-order valence-corrected chi connectivity index (χ2v) is 7.36. The van der Waals surface area contributed by atoms with Crippen LogP contribution in [0.1, 0.15) is 17.5 Å². The van der Waals surface area contributed by atoms with Crippen molar-refractivity contribution in [3.05, 3.63) is 41.9 Å². The van der Waals surface area contributed by atoms with Crippen LogP contribution in [0.15, 0.2) is 30.7 Å². The number of benzene rings is 1. The highest BCUT2D eigenvalue weighted by molar-refractivity contribution is 6.07. The van der Waals surface area contributed by atoms with Crippen LogP contribution in [0.25, 0.3) is 33.1 Å². The van der Waals surface area contributed by atoms with E-state index >= 15 is 0 Å². The van der Waals surface area contributed by atoms with Gasteiger partial charge in [0.05, 0.1) is 42.3 Å². The predicted octanol–water partition coefficient (Wildman–Crippen LogP) is 3.01. The zero-order chi connectivity index (χ0) is 16.4. The Bertz CT molecular complexity index is 1110. The van der Waals surface area contributed by atoms with Crippen LogP contribution in [0.4, 0.5) is 0 Å². The Hall–Kier alpha value is -2.73. The number of fused-ring (bicyclic) bond motifs is 5. The van der Waals surface area contributed by atoms with Crippen LogP contribution in [0, 0.1) is 5.41 Å². The van der Waals surface area contributed by atoms with Gasteiger partial charge in [-0.2, -0.15) is 10.2 Å². The first-order chi connectivity index (χ1) is 12.3. The number of rotatable bonds is 1. The van der Waals surface area contributed by atoms with E-state index in [1.54, 1.807) is 0 Å². The van der Waals surface area contributed by atoms with Crippen molar-refractivity contribution in [2.24, 2.45) is 5.41 Å². The van der Waals surface area contributed by atoms with Crippen molar-refractivity contribution < 1.29 is 4.74 Å². The molecule has 1 aliphatic carbocycles. The van der Waals surface area contributed by atoms with Crippen LogP contribution in [0.3, 0.4) is 0 Å². The first-order valence-electron chi connectivity index (χ1n) is 8.67. The van der Waals surface area contributed by atoms with Crippen LogP contribution >= 0.6 is 0 Å². The minimum absolute atomic E-state index is 0.297. The number of H-pyrrole nitrogens is 2. The fourth-order valence-electron chi connectivity index (χ4n) is 4.47. The van der Waals surface area contributed by atoms with Gasteiger partial charge in [-0.3, -0.25) is 10.2 Å². The lowest BCUT2D eigenvalue weighted by atomic mass is 9.69. The first-order valence-corrected chi connectivity index (χ1v) is 8.67. The molecule has 3 aromatic heterocycles. The van der Waals surface area contributed by atoms with Gasteiger partial charge >= 0.3 is 0 Å². The zero-order valence-electron chi connectivity index (χ0n) is 13.7. The summed E-state index contributed by atoms with van der Waals surface area (Å²) in [5.41, 5.74) is 7.30. The third kappa shape index (κ3) is 1.80. The zero-order valence-corrected chi connectivity index (χ0v) is 13.7. The second-order valence-electron chi connectivity index (χ2n) is 7.36. The van der Waals surface area contributed by atoms with E-state index in [0.29, 0.717) is 5.41 Å². The summed E-state index contributed by atoms with van der Waals surface area (Å²) in [6.45, 7) is 1.73. The Balaban J connectivity index is 1.71. The molecule has 6 rings (SSSR count). The molecular formula is C19H17N5O. The second kappa shape index (κ2) is 4.67. The Morgan fingerprint density at radius 3 is 2.84 bits per heavy atom. The number of hydrogen-bond acceptors (Lipinski definition) is 4. The summed E-state index contributed by atoms with van der Waals surface area (Å²) in [5.74, 6) is 0. The van der Waals surface area contributed by atoms with Gasteiger partial charge in [0.2, 0.25) is 0 Å². The summed E-state index contributed by atoms with van der Waals surface area (Å²) >= 11 is 0. The lowest BCUT2D eigenvalue weighted by Crippen LogP contribution is -2.46. The standard InChI is InChI=1S/C19H17N5O/c1-2-16-17(14-8-22-24-15(1)14)12-3-4-19(9-25-10-19)5-13(12)18(23-16)11-6-20-21-7-11/h1-2,6-8H,3-5,9-10H2,(H,20,21)(H,22,24). The number of ether oxygens (including phenoxy) is 1. The molecule has 0 radical (unpaired) electrons. The van der Waals surface area contributed by atoms with Crippen LogP contribution in [0.5, 0.6) is 0 Å². The number of hydrogen-bond donors (Lipinski definition) is 2. The Kier molecular flexibility index (Phi) is 2.53. The van der Waals surface area contributed by atoms with Crippen molar-refractivity contribution in [1.29, 1.82) is 0 Å². The summed E-state index contributed by atoms with van der Waals surface area (Å²) in [6, 6.07) is 4.16. The highest BCUT2D eigenvalue weighted by Gasteiger charge is 2.42. The maximum absolute atomic E-state index is 5.55. The van der Waals surface area contributed by atoms with E-state index in [9.17, 15) is 0 Å². The molecule has 1 aliphatic heterocycles. The molecule has 4 aromatic rings. The molecule has 1 fully saturated rings. The summed E-state index contributed by atoms with van der Waals surface area (Å²) in [4.78, 5) is 5.04. The number of nitrogens with one attached hydrogen (secondary N) is 2. The number of aromatic nitrogens is 5. The van der Waals surface area contributed by atoms with E-state index < -0.39 is 0 Å². The Labute approximate surface area is 143 Å².